The third kappa shape index (κ3) is 5.12. The Morgan fingerprint density at radius 2 is 1.85 bits per heavy atom. The van der Waals surface area contributed by atoms with E-state index in [-0.39, 0.29) is 29.9 Å². The van der Waals surface area contributed by atoms with E-state index in [1.165, 1.54) is 49.7 Å². The number of halogens is 1. The number of hydrogen-bond donors (Lipinski definition) is 0. The van der Waals surface area contributed by atoms with Crippen molar-refractivity contribution in [2.24, 2.45) is 5.92 Å². The molecule has 0 saturated carbocycles. The summed E-state index contributed by atoms with van der Waals surface area (Å²) in [5.41, 5.74) is 0.602. The summed E-state index contributed by atoms with van der Waals surface area (Å²) >= 11 is 0. The topological polar surface area (TPSA) is 35.5 Å². The van der Waals surface area contributed by atoms with Crippen molar-refractivity contribution in [3.63, 3.8) is 0 Å². The maximum atomic E-state index is 12.2. The molecule has 0 N–H and O–H groups in total. The van der Waals surface area contributed by atoms with E-state index >= 15 is 0 Å². The van der Waals surface area contributed by atoms with Gasteiger partial charge in [0.1, 0.15) is 5.75 Å². The molecule has 0 aromatic heterocycles. The first-order chi connectivity index (χ1) is 12.1. The molecule has 5 heteroatoms. The fourth-order valence-electron chi connectivity index (χ4n) is 4.81. The van der Waals surface area contributed by atoms with Crippen LogP contribution in [-0.4, -0.2) is 49.8 Å². The summed E-state index contributed by atoms with van der Waals surface area (Å²) in [5.74, 6) is 1.27. The lowest BCUT2D eigenvalue weighted by Crippen LogP contribution is -3.00. The summed E-state index contributed by atoms with van der Waals surface area (Å²) in [6.45, 7) is 5.76. The highest BCUT2D eigenvalue weighted by atomic mass is 127. The molecule has 146 valence electrons. The third-order valence-electron chi connectivity index (χ3n) is 6.13. The molecule has 2 aliphatic rings. The second kappa shape index (κ2) is 9.93. The molecule has 2 unspecified atom stereocenters. The Hall–Kier alpha value is -0.820. The highest BCUT2D eigenvalue weighted by Crippen LogP contribution is 2.37. The molecule has 2 aliphatic heterocycles. The van der Waals surface area contributed by atoms with Crippen molar-refractivity contribution in [3.05, 3.63) is 29.8 Å². The smallest absolute Gasteiger partial charge is 0.338 e. The van der Waals surface area contributed by atoms with Gasteiger partial charge in [0.2, 0.25) is 0 Å². The van der Waals surface area contributed by atoms with Crippen LogP contribution in [-0.2, 0) is 4.74 Å². The van der Waals surface area contributed by atoms with Gasteiger partial charge in [0, 0.05) is 5.92 Å². The molecule has 0 bridgehead atoms. The molecule has 1 aromatic rings. The van der Waals surface area contributed by atoms with Gasteiger partial charge >= 0.3 is 5.97 Å². The van der Waals surface area contributed by atoms with Crippen molar-refractivity contribution in [3.8, 4) is 5.75 Å². The first kappa shape index (κ1) is 21.5. The number of rotatable bonds is 6. The van der Waals surface area contributed by atoms with Gasteiger partial charge in [-0.3, -0.25) is 0 Å². The summed E-state index contributed by atoms with van der Waals surface area (Å²) in [4.78, 5) is 12.2. The Morgan fingerprint density at radius 3 is 2.58 bits per heavy atom. The predicted molar refractivity (Wildman–Crippen MR) is 98.8 cm³/mol. The van der Waals surface area contributed by atoms with Crippen molar-refractivity contribution in [1.82, 2.24) is 0 Å². The largest absolute Gasteiger partial charge is 1.00 e. The maximum absolute atomic E-state index is 12.2. The molecule has 0 spiro atoms. The van der Waals surface area contributed by atoms with E-state index in [4.69, 9.17) is 9.47 Å². The maximum Gasteiger partial charge on any atom is 0.338 e. The second-order valence-electron chi connectivity index (χ2n) is 7.77. The zero-order chi connectivity index (χ0) is 17.7. The fourth-order valence-corrected chi connectivity index (χ4v) is 4.81. The molecule has 0 aliphatic carbocycles. The average molecular weight is 473 g/mol. The molecule has 0 amide bonds. The number of esters is 1. The molecule has 2 fully saturated rings. The van der Waals surface area contributed by atoms with Gasteiger partial charge in [0.25, 0.3) is 0 Å². The van der Waals surface area contributed by atoms with E-state index in [0.717, 1.165) is 18.2 Å². The minimum Gasteiger partial charge on any atom is -1.00 e. The Labute approximate surface area is 174 Å². The molecule has 2 heterocycles. The van der Waals surface area contributed by atoms with Crippen LogP contribution in [0.2, 0.25) is 0 Å². The van der Waals surface area contributed by atoms with Crippen LogP contribution < -0.4 is 28.7 Å². The molecule has 3 rings (SSSR count). The van der Waals surface area contributed by atoms with Gasteiger partial charge in [-0.25, -0.2) is 4.79 Å². The van der Waals surface area contributed by atoms with Gasteiger partial charge < -0.3 is 37.9 Å². The monoisotopic (exact) mass is 473 g/mol. The Balaban J connectivity index is 0.00000243. The number of quaternary nitrogens is 1. The fraction of sp³-hybridized carbons (Fsp3) is 0.667. The number of hydrogen-bond acceptors (Lipinski definition) is 3. The second-order valence-corrected chi connectivity index (χ2v) is 7.77. The van der Waals surface area contributed by atoms with Crippen molar-refractivity contribution in [2.45, 2.75) is 51.5 Å². The number of carbonyl (C=O) groups is 1. The number of nitrogens with zero attached hydrogens (tertiary/aromatic N) is 1. The van der Waals surface area contributed by atoms with E-state index in [1.54, 1.807) is 12.1 Å². The Morgan fingerprint density at radius 1 is 1.12 bits per heavy atom. The molecule has 4 nitrogen and oxygen atoms in total. The quantitative estimate of drug-likeness (QED) is 0.352. The highest BCUT2D eigenvalue weighted by molar-refractivity contribution is 5.89. The van der Waals surface area contributed by atoms with Crippen LogP contribution in [0.4, 0.5) is 0 Å². The molecule has 26 heavy (non-hydrogen) atoms. The molecular formula is C21H32INO3. The van der Waals surface area contributed by atoms with Crippen LogP contribution in [0.1, 0.15) is 55.8 Å². The van der Waals surface area contributed by atoms with E-state index in [9.17, 15) is 4.79 Å². The molecule has 3 atom stereocenters. The minimum atomic E-state index is -0.222. The van der Waals surface area contributed by atoms with Gasteiger partial charge in [-0.05, 0) is 69.7 Å². The van der Waals surface area contributed by atoms with Crippen molar-refractivity contribution >= 4 is 5.97 Å². The minimum absolute atomic E-state index is 0. The third-order valence-corrected chi connectivity index (χ3v) is 6.13. The average Bonchev–Trinajstić information content (AvgIpc) is 2.62. The lowest BCUT2D eigenvalue weighted by Gasteiger charge is -2.51. The molecule has 2 saturated heterocycles. The lowest BCUT2D eigenvalue weighted by molar-refractivity contribution is -0.947. The Kier molecular flexibility index (Phi) is 8.20. The van der Waals surface area contributed by atoms with Gasteiger partial charge in [-0.15, -0.1) is 0 Å². The lowest BCUT2D eigenvalue weighted by atomic mass is 9.80. The van der Waals surface area contributed by atoms with Crippen LogP contribution in [0.15, 0.2) is 24.3 Å². The molecule has 0 radical (unpaired) electrons. The van der Waals surface area contributed by atoms with Gasteiger partial charge in [-0.2, -0.15) is 0 Å². The van der Waals surface area contributed by atoms with Gasteiger partial charge in [0.15, 0.2) is 0 Å². The van der Waals surface area contributed by atoms with Crippen molar-refractivity contribution in [1.29, 1.82) is 0 Å². The first-order valence-electron chi connectivity index (χ1n) is 9.86. The van der Waals surface area contributed by atoms with Crippen LogP contribution in [0.3, 0.4) is 0 Å². The normalized spacial score (nSPS) is 27.8. The zero-order valence-electron chi connectivity index (χ0n) is 16.1. The summed E-state index contributed by atoms with van der Waals surface area (Å²) in [6.07, 6.45) is 7.67. The number of benzene rings is 1. The highest BCUT2D eigenvalue weighted by Gasteiger charge is 2.43. The number of carbonyl (C=O) groups excluding carboxylic acids is 1. The van der Waals surface area contributed by atoms with E-state index in [0.29, 0.717) is 24.7 Å². The summed E-state index contributed by atoms with van der Waals surface area (Å²) in [7, 11) is 2.43. The first-order valence-corrected chi connectivity index (χ1v) is 9.86. The summed E-state index contributed by atoms with van der Waals surface area (Å²) < 4.78 is 12.2. The molecular weight excluding hydrogens is 441 g/mol. The van der Waals surface area contributed by atoms with E-state index < -0.39 is 0 Å². The van der Waals surface area contributed by atoms with Crippen LogP contribution in [0.25, 0.3) is 0 Å². The number of fused-ring (bicyclic) bond motifs is 1. The van der Waals surface area contributed by atoms with Crippen LogP contribution in [0.5, 0.6) is 5.75 Å². The van der Waals surface area contributed by atoms with Gasteiger partial charge in [0.05, 0.1) is 45.0 Å². The number of piperidine rings is 2. The Bertz CT molecular complexity index is 573. The van der Waals surface area contributed by atoms with Crippen LogP contribution in [0, 0.1) is 5.92 Å². The van der Waals surface area contributed by atoms with Crippen molar-refractivity contribution in [2.75, 3.05) is 33.4 Å². The SMILES string of the molecule is CCOc1ccc(C(=O)OCC[C@@H]2CCC[N+]3(C)CCCCC23)cc1.[I-]. The van der Waals surface area contributed by atoms with Crippen molar-refractivity contribution < 1.29 is 42.7 Å². The zero-order valence-corrected chi connectivity index (χ0v) is 18.2. The van der Waals surface area contributed by atoms with Gasteiger partial charge in [-0.1, -0.05) is 0 Å². The predicted octanol–water partition coefficient (Wildman–Crippen LogP) is 1.05. The number of ether oxygens (including phenoxy) is 2. The molecule has 1 aromatic carbocycles. The van der Waals surface area contributed by atoms with E-state index in [2.05, 4.69) is 7.05 Å². The summed E-state index contributed by atoms with van der Waals surface area (Å²) in [6, 6.07) is 7.98. The van der Waals surface area contributed by atoms with Crippen LogP contribution >= 0.6 is 0 Å². The van der Waals surface area contributed by atoms with E-state index in [1.807, 2.05) is 19.1 Å². The summed E-state index contributed by atoms with van der Waals surface area (Å²) in [5, 5.41) is 0. The standard InChI is InChI=1S/C21H32NO3.HI/c1-3-24-19-11-9-18(10-12-19)21(23)25-16-13-17-7-6-15-22(2)14-5-4-8-20(17)22;/h9-12,17,20H,3-8,13-16H2,1-2H3;1H/q+1;/p-1/t17-,20?,22?;/m0./s1.